The zero-order valence-electron chi connectivity index (χ0n) is 14.1. The number of methoxy groups -OCH3 is 2. The van der Waals surface area contributed by atoms with E-state index in [0.29, 0.717) is 24.3 Å². The van der Waals surface area contributed by atoms with Crippen LogP contribution in [0.5, 0.6) is 11.5 Å². The van der Waals surface area contributed by atoms with Crippen molar-refractivity contribution < 1.29 is 14.6 Å². The molecule has 1 aromatic carbocycles. The van der Waals surface area contributed by atoms with Crippen LogP contribution in [0.3, 0.4) is 0 Å². The van der Waals surface area contributed by atoms with Crippen LogP contribution in [0.1, 0.15) is 38.9 Å². The van der Waals surface area contributed by atoms with Gasteiger partial charge in [0.05, 0.1) is 20.3 Å². The van der Waals surface area contributed by atoms with E-state index in [4.69, 9.17) is 9.47 Å². The summed E-state index contributed by atoms with van der Waals surface area (Å²) in [6.07, 6.45) is 0.536. The average molecular weight is 295 g/mol. The second-order valence-electron chi connectivity index (χ2n) is 6.04. The minimum atomic E-state index is -0.578. The van der Waals surface area contributed by atoms with Crippen molar-refractivity contribution in [1.82, 2.24) is 4.90 Å². The molecule has 0 aliphatic rings. The summed E-state index contributed by atoms with van der Waals surface area (Å²) in [7, 11) is 5.27. The number of rotatable bonds is 8. The summed E-state index contributed by atoms with van der Waals surface area (Å²) in [6, 6.07) is 5.95. The number of aliphatic hydroxyl groups excluding tert-OH is 1. The molecule has 0 amide bonds. The minimum Gasteiger partial charge on any atom is -0.497 e. The number of aliphatic hydroxyl groups is 1. The second-order valence-corrected chi connectivity index (χ2v) is 6.04. The fourth-order valence-electron chi connectivity index (χ4n) is 2.51. The molecule has 4 nitrogen and oxygen atoms in total. The highest BCUT2D eigenvalue weighted by Gasteiger charge is 2.19. The predicted octanol–water partition coefficient (Wildman–Crippen LogP) is 3.10. The molecule has 0 saturated carbocycles. The molecule has 1 aromatic rings. The molecule has 0 saturated heterocycles. The van der Waals surface area contributed by atoms with Gasteiger partial charge in [0.2, 0.25) is 0 Å². The highest BCUT2D eigenvalue weighted by molar-refractivity contribution is 5.42. The lowest BCUT2D eigenvalue weighted by Crippen LogP contribution is -2.34. The van der Waals surface area contributed by atoms with Crippen LogP contribution >= 0.6 is 0 Å². The molecule has 2 unspecified atom stereocenters. The molecule has 1 N–H and O–H groups in total. The van der Waals surface area contributed by atoms with Crippen LogP contribution in [0.15, 0.2) is 18.2 Å². The molecular formula is C17H29NO3. The molecule has 0 aliphatic carbocycles. The molecule has 0 aliphatic heterocycles. The van der Waals surface area contributed by atoms with Crippen LogP contribution in [-0.4, -0.2) is 43.9 Å². The molecule has 0 heterocycles. The number of nitrogens with zero attached hydrogens (tertiary/aromatic N) is 1. The maximum atomic E-state index is 10.5. The first-order valence-corrected chi connectivity index (χ1v) is 7.49. The van der Waals surface area contributed by atoms with Gasteiger partial charge in [0.1, 0.15) is 11.5 Å². The summed E-state index contributed by atoms with van der Waals surface area (Å²) >= 11 is 0. The molecule has 0 aromatic heterocycles. The molecule has 2 atom stereocenters. The Bertz CT molecular complexity index is 434. The van der Waals surface area contributed by atoms with Gasteiger partial charge in [-0.3, -0.25) is 0 Å². The van der Waals surface area contributed by atoms with Crippen LogP contribution in [-0.2, 0) is 0 Å². The molecule has 0 fully saturated rings. The van der Waals surface area contributed by atoms with Crippen molar-refractivity contribution >= 4 is 0 Å². The molecule has 120 valence electrons. The zero-order valence-corrected chi connectivity index (χ0v) is 14.1. The second kappa shape index (κ2) is 8.25. The molecule has 0 spiro atoms. The van der Waals surface area contributed by atoms with Gasteiger partial charge in [0, 0.05) is 24.2 Å². The normalized spacial score (nSPS) is 14.3. The van der Waals surface area contributed by atoms with Gasteiger partial charge in [-0.1, -0.05) is 13.8 Å². The van der Waals surface area contributed by atoms with E-state index >= 15 is 0 Å². The third kappa shape index (κ3) is 5.21. The Morgan fingerprint density at radius 1 is 1.14 bits per heavy atom. The maximum Gasteiger partial charge on any atom is 0.128 e. The van der Waals surface area contributed by atoms with Crippen LogP contribution in [0.4, 0.5) is 0 Å². The highest BCUT2D eigenvalue weighted by atomic mass is 16.5. The first-order chi connectivity index (χ1) is 9.88. The van der Waals surface area contributed by atoms with Crippen molar-refractivity contribution in [1.29, 1.82) is 0 Å². The molecule has 21 heavy (non-hydrogen) atoms. The Hall–Kier alpha value is -1.26. The third-order valence-corrected chi connectivity index (χ3v) is 3.83. The molecule has 4 heteroatoms. The fraction of sp³-hybridized carbons (Fsp3) is 0.647. The van der Waals surface area contributed by atoms with E-state index in [2.05, 4.69) is 25.7 Å². The summed E-state index contributed by atoms with van der Waals surface area (Å²) in [4.78, 5) is 2.19. The lowest BCUT2D eigenvalue weighted by atomic mass is 10.0. The monoisotopic (exact) mass is 295 g/mol. The molecule has 0 radical (unpaired) electrons. The van der Waals surface area contributed by atoms with Crippen molar-refractivity contribution in [3.05, 3.63) is 23.8 Å². The van der Waals surface area contributed by atoms with Crippen LogP contribution in [0.25, 0.3) is 0 Å². The summed E-state index contributed by atoms with van der Waals surface area (Å²) in [6.45, 7) is 7.20. The van der Waals surface area contributed by atoms with Crippen LogP contribution in [0, 0.1) is 5.92 Å². The first kappa shape index (κ1) is 17.8. The summed E-state index contributed by atoms with van der Waals surface area (Å²) < 4.78 is 10.5. The fourth-order valence-corrected chi connectivity index (χ4v) is 2.51. The van der Waals surface area contributed by atoms with Gasteiger partial charge in [-0.05, 0) is 38.4 Å². The lowest BCUT2D eigenvalue weighted by molar-refractivity contribution is 0.100. The Morgan fingerprint density at radius 3 is 2.33 bits per heavy atom. The van der Waals surface area contributed by atoms with E-state index in [9.17, 15) is 5.11 Å². The summed E-state index contributed by atoms with van der Waals surface area (Å²) in [5.41, 5.74) is 0.793. The average Bonchev–Trinajstić information content (AvgIpc) is 2.45. The van der Waals surface area contributed by atoms with E-state index in [1.165, 1.54) is 0 Å². The summed E-state index contributed by atoms with van der Waals surface area (Å²) in [5.74, 6) is 2.03. The number of hydrogen-bond donors (Lipinski definition) is 1. The van der Waals surface area contributed by atoms with Crippen molar-refractivity contribution in [2.24, 2.45) is 5.92 Å². The van der Waals surface area contributed by atoms with Gasteiger partial charge < -0.3 is 19.5 Å². The van der Waals surface area contributed by atoms with Gasteiger partial charge in [0.25, 0.3) is 0 Å². The van der Waals surface area contributed by atoms with Crippen molar-refractivity contribution in [3.8, 4) is 11.5 Å². The van der Waals surface area contributed by atoms with Crippen molar-refractivity contribution in [3.63, 3.8) is 0 Å². The van der Waals surface area contributed by atoms with Crippen LogP contribution in [0.2, 0.25) is 0 Å². The van der Waals surface area contributed by atoms with Gasteiger partial charge in [-0.25, -0.2) is 0 Å². The molecule has 1 rings (SSSR count). The molecular weight excluding hydrogens is 266 g/mol. The van der Waals surface area contributed by atoms with E-state index in [0.717, 1.165) is 17.7 Å². The van der Waals surface area contributed by atoms with Gasteiger partial charge in [0.15, 0.2) is 0 Å². The van der Waals surface area contributed by atoms with Crippen molar-refractivity contribution in [2.45, 2.75) is 39.3 Å². The predicted molar refractivity (Wildman–Crippen MR) is 86.1 cm³/mol. The van der Waals surface area contributed by atoms with E-state index < -0.39 is 6.10 Å². The number of benzene rings is 1. The maximum absolute atomic E-state index is 10.5. The Kier molecular flexibility index (Phi) is 6.99. The Morgan fingerprint density at radius 2 is 1.81 bits per heavy atom. The minimum absolute atomic E-state index is 0.434. The summed E-state index contributed by atoms with van der Waals surface area (Å²) in [5, 5.41) is 10.5. The SMILES string of the molecule is COc1ccc(C(O)CN(C)C(C)CC(C)C)c(OC)c1. The van der Waals surface area contributed by atoms with Gasteiger partial charge >= 0.3 is 0 Å². The zero-order chi connectivity index (χ0) is 16.0. The topological polar surface area (TPSA) is 41.9 Å². The third-order valence-electron chi connectivity index (χ3n) is 3.83. The van der Waals surface area contributed by atoms with Gasteiger partial charge in [-0.2, -0.15) is 0 Å². The highest BCUT2D eigenvalue weighted by Crippen LogP contribution is 2.30. The van der Waals surface area contributed by atoms with Crippen molar-refractivity contribution in [2.75, 3.05) is 27.8 Å². The number of ether oxygens (including phenoxy) is 2. The lowest BCUT2D eigenvalue weighted by Gasteiger charge is -2.28. The van der Waals surface area contributed by atoms with E-state index in [-0.39, 0.29) is 0 Å². The van der Waals surface area contributed by atoms with E-state index in [1.54, 1.807) is 20.3 Å². The van der Waals surface area contributed by atoms with E-state index in [1.807, 2.05) is 19.2 Å². The standard InChI is InChI=1S/C17H29NO3/c1-12(2)9-13(3)18(4)11-16(19)15-8-7-14(20-5)10-17(15)21-6/h7-8,10,12-13,16,19H,9,11H2,1-6H3. The smallest absolute Gasteiger partial charge is 0.128 e. The Labute approximate surface area is 128 Å². The quantitative estimate of drug-likeness (QED) is 0.800. The van der Waals surface area contributed by atoms with Crippen LogP contribution < -0.4 is 9.47 Å². The first-order valence-electron chi connectivity index (χ1n) is 7.49. The Balaban J connectivity index is 2.77. The van der Waals surface area contributed by atoms with Gasteiger partial charge in [-0.15, -0.1) is 0 Å². The largest absolute Gasteiger partial charge is 0.497 e. The number of likely N-dealkylation sites (N-methyl/N-ethyl adjacent to an activating group) is 1. The number of hydrogen-bond acceptors (Lipinski definition) is 4. The molecule has 0 bridgehead atoms.